The van der Waals surface area contributed by atoms with Gasteiger partial charge in [-0.15, -0.1) is 0 Å². The van der Waals surface area contributed by atoms with E-state index in [0.29, 0.717) is 34.3 Å². The largest absolute Gasteiger partial charge is 0.442 e. The Morgan fingerprint density at radius 2 is 0.967 bits per heavy atom. The molecule has 0 aliphatic carbocycles. The van der Waals surface area contributed by atoms with Crippen LogP contribution in [0.1, 0.15) is 0 Å². The summed E-state index contributed by atoms with van der Waals surface area (Å²) >= 11 is 0. The first-order valence-corrected chi connectivity index (χ1v) is 12.3. The summed E-state index contributed by atoms with van der Waals surface area (Å²) in [6.07, 6.45) is 0. The van der Waals surface area contributed by atoms with Crippen LogP contribution in [0.2, 0.25) is 0 Å². The minimum atomic E-state index is -1.38. The van der Waals surface area contributed by atoms with E-state index in [2.05, 4.69) is 9.72 Å². The van der Waals surface area contributed by atoms with E-state index in [0.717, 1.165) is 0 Å². The minimum Gasteiger partial charge on any atom is -0.442 e. The number of hydrogen-bond acceptors (Lipinski definition) is 9. The van der Waals surface area contributed by atoms with E-state index >= 15 is 0 Å². The van der Waals surface area contributed by atoms with Crippen LogP contribution in [0.4, 0.5) is 17.1 Å². The van der Waals surface area contributed by atoms with Gasteiger partial charge in [-0.3, -0.25) is 0 Å². The normalized spacial score (nSPS) is 20.0. The second-order valence-electron chi connectivity index (χ2n) is 6.13. The average Bonchev–Trinajstić information content (AvgIpc) is 2.75. The molecule has 0 saturated carbocycles. The summed E-state index contributed by atoms with van der Waals surface area (Å²) in [6, 6.07) is 21.5. The maximum Gasteiger partial charge on any atom is 0.294 e. The molecular formula is C18H21N6O3P3. The molecule has 156 valence electrons. The number of rotatable bonds is 6. The summed E-state index contributed by atoms with van der Waals surface area (Å²) in [5, 5.41) is 0. The third-order valence-electron chi connectivity index (χ3n) is 3.82. The molecule has 0 spiro atoms. The van der Waals surface area contributed by atoms with Crippen molar-refractivity contribution in [2.24, 2.45) is 0 Å². The topological polar surface area (TPSA) is 133 Å². The Morgan fingerprint density at radius 1 is 0.600 bits per heavy atom. The molecule has 0 amide bonds. The van der Waals surface area contributed by atoms with E-state index in [1.165, 1.54) is 0 Å². The maximum absolute atomic E-state index is 6.16. The van der Waals surface area contributed by atoms with Crippen molar-refractivity contribution in [2.75, 3.05) is 17.2 Å². The van der Waals surface area contributed by atoms with Gasteiger partial charge in [-0.05, 0) is 72.8 Å². The van der Waals surface area contributed by atoms with Crippen LogP contribution in [0.15, 0.2) is 72.8 Å². The summed E-state index contributed by atoms with van der Waals surface area (Å²) in [6.45, 7) is 0. The van der Waals surface area contributed by atoms with Crippen molar-refractivity contribution >= 4 is 42.8 Å². The summed E-state index contributed by atoms with van der Waals surface area (Å²) < 4.78 is 14.0. The fraction of sp³-hybridized carbons (Fsp3) is 0. The summed E-state index contributed by atoms with van der Waals surface area (Å²) in [5.74, 6) is 1.95. The van der Waals surface area contributed by atoms with Gasteiger partial charge in [0.1, 0.15) is 17.2 Å². The molecule has 12 heteroatoms. The van der Waals surface area contributed by atoms with Gasteiger partial charge in [-0.25, -0.2) is 9.72 Å². The van der Waals surface area contributed by atoms with Crippen LogP contribution in [0.25, 0.3) is 0 Å². The Labute approximate surface area is 178 Å². The molecule has 0 bridgehead atoms. The van der Waals surface area contributed by atoms with Gasteiger partial charge in [0.05, 0.1) is 0 Å². The van der Waals surface area contributed by atoms with Crippen LogP contribution in [-0.4, -0.2) is 4.60 Å². The standard InChI is InChI=1S/C18H21N6O3P3/c19-13-1-7-16(8-2-13)25-24-29(26-17-9-3-14(20)4-10-17)22-28-23-30(24)27-18-11-5-15(21)6-12-18/h1-12,22-23,28H,19-21H2. The second kappa shape index (κ2) is 9.63. The highest BCUT2D eigenvalue weighted by Crippen LogP contribution is 2.59. The van der Waals surface area contributed by atoms with Crippen LogP contribution in [0.5, 0.6) is 17.2 Å². The third-order valence-corrected chi connectivity index (χ3v) is 8.78. The second-order valence-corrected chi connectivity index (χ2v) is 10.7. The first-order chi connectivity index (χ1) is 14.6. The Kier molecular flexibility index (Phi) is 6.70. The highest BCUT2D eigenvalue weighted by atomic mass is 31.3. The molecule has 3 aromatic carbocycles. The lowest BCUT2D eigenvalue weighted by Crippen LogP contribution is -2.33. The summed E-state index contributed by atoms with van der Waals surface area (Å²) in [5.41, 5.74) is 19.3. The van der Waals surface area contributed by atoms with Crippen molar-refractivity contribution in [2.45, 2.75) is 0 Å². The molecule has 9 nitrogen and oxygen atoms in total. The zero-order valence-electron chi connectivity index (χ0n) is 15.7. The van der Waals surface area contributed by atoms with Gasteiger partial charge in [0.25, 0.3) is 16.9 Å². The maximum atomic E-state index is 6.16. The van der Waals surface area contributed by atoms with Crippen LogP contribution in [-0.2, 0) is 0 Å². The predicted molar refractivity (Wildman–Crippen MR) is 125 cm³/mol. The van der Waals surface area contributed by atoms with Crippen LogP contribution >= 0.6 is 25.8 Å². The third kappa shape index (κ3) is 5.41. The summed E-state index contributed by atoms with van der Waals surface area (Å²) in [7, 11) is -2.53. The number of benzene rings is 3. The van der Waals surface area contributed by atoms with Gasteiger partial charge in [0, 0.05) is 30.5 Å². The molecule has 1 aliphatic heterocycles. The first-order valence-electron chi connectivity index (χ1n) is 8.84. The molecule has 0 radical (unpaired) electrons. The smallest absolute Gasteiger partial charge is 0.294 e. The molecule has 2 unspecified atom stereocenters. The van der Waals surface area contributed by atoms with E-state index in [1.807, 2.05) is 24.3 Å². The molecule has 30 heavy (non-hydrogen) atoms. The number of anilines is 3. The van der Waals surface area contributed by atoms with Crippen molar-refractivity contribution in [1.29, 1.82) is 0 Å². The van der Waals surface area contributed by atoms with Crippen molar-refractivity contribution in [3.63, 3.8) is 0 Å². The highest BCUT2D eigenvalue weighted by Gasteiger charge is 2.39. The Hall–Kier alpha value is -2.37. The molecule has 4 rings (SSSR count). The predicted octanol–water partition coefficient (Wildman–Crippen LogP) is 4.34. The lowest BCUT2D eigenvalue weighted by atomic mass is 10.3. The minimum absolute atomic E-state index is 0.222. The first kappa shape index (κ1) is 20.9. The molecule has 1 fully saturated rings. The number of hydrogen-bond donors (Lipinski definition) is 5. The van der Waals surface area contributed by atoms with Crippen molar-refractivity contribution in [3.8, 4) is 17.2 Å². The van der Waals surface area contributed by atoms with E-state index < -0.39 is 16.9 Å². The number of nitrogens with one attached hydrogen (secondary N) is 2. The zero-order chi connectivity index (χ0) is 20.9. The fourth-order valence-electron chi connectivity index (χ4n) is 2.35. The van der Waals surface area contributed by atoms with Gasteiger partial charge >= 0.3 is 0 Å². The van der Waals surface area contributed by atoms with Crippen LogP contribution in [0.3, 0.4) is 0 Å². The number of nitrogen functional groups attached to an aromatic ring is 3. The molecule has 1 heterocycles. The lowest BCUT2D eigenvalue weighted by Gasteiger charge is -2.37. The van der Waals surface area contributed by atoms with Gasteiger partial charge in [0.15, 0.2) is 0 Å². The fourth-order valence-corrected chi connectivity index (χ4v) is 7.55. The quantitative estimate of drug-likeness (QED) is 0.268. The van der Waals surface area contributed by atoms with Gasteiger partial charge in [0.2, 0.25) is 0 Å². The number of nitrogens with two attached hydrogens (primary N) is 3. The molecule has 1 aliphatic rings. The lowest BCUT2D eigenvalue weighted by molar-refractivity contribution is 0.118. The monoisotopic (exact) mass is 462 g/mol. The van der Waals surface area contributed by atoms with E-state index in [9.17, 15) is 0 Å². The Bertz CT molecular complexity index is 907. The molecule has 1 saturated heterocycles. The average molecular weight is 462 g/mol. The number of nitrogens with zero attached hydrogens (tertiary/aromatic N) is 1. The van der Waals surface area contributed by atoms with Crippen molar-refractivity contribution < 1.29 is 13.9 Å². The molecule has 8 N–H and O–H groups in total. The van der Waals surface area contributed by atoms with Gasteiger partial charge in [-0.2, -0.15) is 0 Å². The Morgan fingerprint density at radius 3 is 1.37 bits per heavy atom. The van der Waals surface area contributed by atoms with Crippen molar-refractivity contribution in [1.82, 2.24) is 14.3 Å². The van der Waals surface area contributed by atoms with E-state index in [-0.39, 0.29) is 8.88 Å². The molecule has 2 atom stereocenters. The molecule has 3 aromatic rings. The summed E-state index contributed by atoms with van der Waals surface area (Å²) in [4.78, 5) is 12.8. The Balaban J connectivity index is 1.57. The molecule has 0 aromatic heterocycles. The van der Waals surface area contributed by atoms with Crippen molar-refractivity contribution in [3.05, 3.63) is 72.8 Å². The zero-order valence-corrected chi connectivity index (χ0v) is 18.5. The molecular weight excluding hydrogens is 441 g/mol. The van der Waals surface area contributed by atoms with Crippen LogP contribution in [0, 0.1) is 0 Å². The van der Waals surface area contributed by atoms with E-state index in [1.54, 1.807) is 53.1 Å². The van der Waals surface area contributed by atoms with Gasteiger partial charge < -0.3 is 31.1 Å². The SMILES string of the molecule is Nc1ccc(ON2P(Oc3ccc(N)cc3)NPNP2Oc2ccc(N)cc2)cc1. The highest BCUT2D eigenvalue weighted by molar-refractivity contribution is 7.75. The van der Waals surface area contributed by atoms with Gasteiger partial charge in [-0.1, -0.05) is 0 Å². The van der Waals surface area contributed by atoms with E-state index in [4.69, 9.17) is 31.1 Å². The van der Waals surface area contributed by atoms with Crippen LogP contribution < -0.4 is 40.8 Å².